The Balaban J connectivity index is 1.15. The summed E-state index contributed by atoms with van der Waals surface area (Å²) in [6.07, 6.45) is 14.3. The number of nitrogens with zero attached hydrogens (tertiary/aromatic N) is 4. The lowest BCUT2D eigenvalue weighted by Gasteiger charge is -2.48. The molecule has 5 aliphatic rings. The van der Waals surface area contributed by atoms with Gasteiger partial charge in [-0.05, 0) is 58.3 Å². The maximum Gasteiger partial charge on any atom is 0.250 e. The van der Waals surface area contributed by atoms with Gasteiger partial charge < -0.3 is 34.4 Å². The van der Waals surface area contributed by atoms with E-state index in [1.165, 1.54) is 0 Å². The maximum atomic E-state index is 13.6. The van der Waals surface area contributed by atoms with Crippen LogP contribution in [0.1, 0.15) is 98.8 Å². The summed E-state index contributed by atoms with van der Waals surface area (Å²) in [4.78, 5) is 48.3. The molecule has 0 aromatic heterocycles. The van der Waals surface area contributed by atoms with Gasteiger partial charge in [-0.1, -0.05) is 27.2 Å². The van der Waals surface area contributed by atoms with Crippen LogP contribution in [0, 0.1) is 5.92 Å². The number of ether oxygens (including phenoxy) is 2. The molecule has 5 heterocycles. The molecule has 0 aliphatic carbocycles. The topological polar surface area (TPSA) is 94.7 Å². The monoisotopic (exact) mass is 653 g/mol. The zero-order valence-electron chi connectivity index (χ0n) is 29.7. The standard InChI is InChI=1S/C37H59N5O5/c1-7-8-17-47-27(5)34-23-33(46-6)24-37(45)42(34)30-11-15-39(16-12-30)31-19-26(4)41(36(44)22-31)29-9-13-40(14-10-29)32-20-28(18-25(2)3)38-35(43)21-32/h21-22,24-30,34H,7-20,23H2,1-6H3,(H,38,43)/t26-,27?,28+,34+/m0/s1. The average molecular weight is 654 g/mol. The van der Waals surface area contributed by atoms with Gasteiger partial charge in [-0.3, -0.25) is 14.4 Å². The third-order valence-corrected chi connectivity index (χ3v) is 10.9. The Hall–Kier alpha value is -3.01. The van der Waals surface area contributed by atoms with Gasteiger partial charge in [0.15, 0.2) is 0 Å². The Kier molecular flexibility index (Phi) is 12.0. The molecule has 10 heteroatoms. The van der Waals surface area contributed by atoms with Crippen LogP contribution in [-0.2, 0) is 23.9 Å². The molecule has 0 spiro atoms. The highest BCUT2D eigenvalue weighted by molar-refractivity contribution is 5.90. The predicted octanol–water partition coefficient (Wildman–Crippen LogP) is 4.57. The second-order valence-corrected chi connectivity index (χ2v) is 14.8. The van der Waals surface area contributed by atoms with Gasteiger partial charge in [0.25, 0.3) is 5.91 Å². The number of likely N-dealkylation sites (tertiary alicyclic amines) is 2. The Labute approximate surface area is 282 Å². The molecule has 47 heavy (non-hydrogen) atoms. The van der Waals surface area contributed by atoms with E-state index < -0.39 is 0 Å². The van der Waals surface area contributed by atoms with Gasteiger partial charge >= 0.3 is 0 Å². The number of hydrogen-bond donors (Lipinski definition) is 1. The Morgan fingerprint density at radius 2 is 1.43 bits per heavy atom. The van der Waals surface area contributed by atoms with Gasteiger partial charge in [0.1, 0.15) is 5.76 Å². The molecule has 4 atom stereocenters. The number of rotatable bonds is 12. The minimum absolute atomic E-state index is 0.0169. The van der Waals surface area contributed by atoms with E-state index in [-0.39, 0.29) is 54.0 Å². The van der Waals surface area contributed by atoms with E-state index in [4.69, 9.17) is 9.47 Å². The first-order chi connectivity index (χ1) is 22.6. The fourth-order valence-corrected chi connectivity index (χ4v) is 8.45. The number of unbranched alkanes of at least 4 members (excludes halogenated alkanes) is 1. The fourth-order valence-electron chi connectivity index (χ4n) is 8.45. The number of methoxy groups -OCH3 is 1. The highest BCUT2D eigenvalue weighted by atomic mass is 16.5. The number of carbonyl (C=O) groups excluding carboxylic acids is 3. The zero-order chi connectivity index (χ0) is 33.7. The molecule has 262 valence electrons. The van der Waals surface area contributed by atoms with E-state index in [0.717, 1.165) is 101 Å². The van der Waals surface area contributed by atoms with Crippen LogP contribution in [0.3, 0.4) is 0 Å². The highest BCUT2D eigenvalue weighted by Gasteiger charge is 2.41. The van der Waals surface area contributed by atoms with E-state index in [1.54, 1.807) is 19.3 Å². The van der Waals surface area contributed by atoms with Crippen molar-refractivity contribution in [2.45, 2.75) is 135 Å². The van der Waals surface area contributed by atoms with Crippen molar-refractivity contribution >= 4 is 17.7 Å². The van der Waals surface area contributed by atoms with Crippen LogP contribution in [0.25, 0.3) is 0 Å². The number of carbonyl (C=O) groups is 3. The number of piperidine rings is 2. The predicted molar refractivity (Wildman–Crippen MR) is 183 cm³/mol. The van der Waals surface area contributed by atoms with E-state index in [0.29, 0.717) is 18.9 Å². The van der Waals surface area contributed by atoms with E-state index in [2.05, 4.69) is 59.5 Å². The van der Waals surface area contributed by atoms with Gasteiger partial charge in [0.2, 0.25) is 11.8 Å². The number of hydrogen-bond acceptors (Lipinski definition) is 7. The fraction of sp³-hybridized carbons (Fsp3) is 0.757. The first-order valence-electron chi connectivity index (χ1n) is 18.3. The quantitative estimate of drug-likeness (QED) is 0.309. The van der Waals surface area contributed by atoms with E-state index >= 15 is 0 Å². The van der Waals surface area contributed by atoms with Gasteiger partial charge in [0, 0.05) is 106 Å². The van der Waals surface area contributed by atoms with Gasteiger partial charge in [0.05, 0.1) is 19.3 Å². The van der Waals surface area contributed by atoms with E-state index in [1.807, 2.05) is 6.08 Å². The van der Waals surface area contributed by atoms with Crippen LogP contribution in [0.4, 0.5) is 0 Å². The number of amides is 3. The second-order valence-electron chi connectivity index (χ2n) is 14.8. The largest absolute Gasteiger partial charge is 0.501 e. The first kappa shape index (κ1) is 35.3. The summed E-state index contributed by atoms with van der Waals surface area (Å²) in [6, 6.07) is 0.654. The van der Waals surface area contributed by atoms with Crippen molar-refractivity contribution in [2.75, 3.05) is 39.9 Å². The van der Waals surface area contributed by atoms with Crippen LogP contribution in [0.5, 0.6) is 0 Å². The van der Waals surface area contributed by atoms with Crippen molar-refractivity contribution in [1.29, 1.82) is 0 Å². The Morgan fingerprint density at radius 1 is 0.830 bits per heavy atom. The minimum Gasteiger partial charge on any atom is -0.501 e. The Morgan fingerprint density at radius 3 is 2.00 bits per heavy atom. The molecule has 0 bridgehead atoms. The molecule has 2 saturated heterocycles. The van der Waals surface area contributed by atoms with E-state index in [9.17, 15) is 14.4 Å². The first-order valence-corrected chi connectivity index (χ1v) is 18.3. The molecule has 5 aliphatic heterocycles. The summed E-state index contributed by atoms with van der Waals surface area (Å²) < 4.78 is 11.7. The summed E-state index contributed by atoms with van der Waals surface area (Å²) in [6.45, 7) is 14.9. The SMILES string of the molecule is CCCCOC(C)[C@H]1CC(OC)=CC(=O)N1C1CCN(C2=CC(=O)N(C3CCN(C4=CC(=O)N[C@H](CC(C)C)C4)CC3)[C@@H](C)C2)CC1. The lowest BCUT2D eigenvalue weighted by Crippen LogP contribution is -2.57. The minimum atomic E-state index is -0.0690. The van der Waals surface area contributed by atoms with Crippen molar-refractivity contribution in [1.82, 2.24) is 24.9 Å². The van der Waals surface area contributed by atoms with Crippen molar-refractivity contribution in [3.05, 3.63) is 35.4 Å². The van der Waals surface area contributed by atoms with Crippen LogP contribution in [0.2, 0.25) is 0 Å². The third-order valence-electron chi connectivity index (χ3n) is 10.9. The molecule has 1 N–H and O–H groups in total. The molecular formula is C37H59N5O5. The van der Waals surface area contributed by atoms with Crippen LogP contribution < -0.4 is 5.32 Å². The molecular weight excluding hydrogens is 594 g/mol. The lowest BCUT2D eigenvalue weighted by molar-refractivity contribution is -0.138. The average Bonchev–Trinajstić information content (AvgIpc) is 3.04. The second kappa shape index (κ2) is 15.9. The summed E-state index contributed by atoms with van der Waals surface area (Å²) in [5.41, 5.74) is 2.27. The van der Waals surface area contributed by atoms with Crippen molar-refractivity contribution < 1.29 is 23.9 Å². The molecule has 5 rings (SSSR count). The summed E-state index contributed by atoms with van der Waals surface area (Å²) in [7, 11) is 1.64. The molecule has 10 nitrogen and oxygen atoms in total. The van der Waals surface area contributed by atoms with Crippen molar-refractivity contribution in [2.24, 2.45) is 5.92 Å². The molecule has 0 aromatic rings. The molecule has 0 saturated carbocycles. The maximum absolute atomic E-state index is 13.6. The summed E-state index contributed by atoms with van der Waals surface area (Å²) >= 11 is 0. The molecule has 1 unspecified atom stereocenters. The van der Waals surface area contributed by atoms with Gasteiger partial charge in [-0.2, -0.15) is 0 Å². The van der Waals surface area contributed by atoms with Gasteiger partial charge in [-0.25, -0.2) is 0 Å². The molecule has 2 fully saturated rings. The van der Waals surface area contributed by atoms with Gasteiger partial charge in [-0.15, -0.1) is 0 Å². The van der Waals surface area contributed by atoms with Crippen LogP contribution in [-0.4, -0.2) is 114 Å². The van der Waals surface area contributed by atoms with Crippen molar-refractivity contribution in [3.8, 4) is 0 Å². The normalized spacial score (nSPS) is 27.5. The summed E-state index contributed by atoms with van der Waals surface area (Å²) in [5.74, 6) is 1.42. The zero-order valence-corrected chi connectivity index (χ0v) is 29.7. The smallest absolute Gasteiger partial charge is 0.250 e. The molecule has 0 radical (unpaired) electrons. The molecule has 3 amide bonds. The van der Waals surface area contributed by atoms with Crippen LogP contribution in [0.15, 0.2) is 35.4 Å². The third kappa shape index (κ3) is 8.54. The number of nitrogens with one attached hydrogen (secondary N) is 1. The Bertz CT molecular complexity index is 1210. The van der Waals surface area contributed by atoms with Crippen molar-refractivity contribution in [3.63, 3.8) is 0 Å². The lowest BCUT2D eigenvalue weighted by atomic mass is 9.92. The van der Waals surface area contributed by atoms with Crippen LogP contribution >= 0.6 is 0 Å². The summed E-state index contributed by atoms with van der Waals surface area (Å²) in [5, 5.41) is 3.12. The highest BCUT2D eigenvalue weighted by Crippen LogP contribution is 2.34. The molecule has 0 aromatic carbocycles.